The molecule has 2 aromatic rings. The minimum absolute atomic E-state index is 0.357. The van der Waals surface area contributed by atoms with E-state index in [-0.39, 0.29) is 0 Å². The number of nitrogens with zero attached hydrogens (tertiary/aromatic N) is 1. The third-order valence-corrected chi connectivity index (χ3v) is 3.93. The molecule has 0 spiro atoms. The summed E-state index contributed by atoms with van der Waals surface area (Å²) >= 11 is 7.55. The molecule has 1 heterocycles. The van der Waals surface area contributed by atoms with E-state index in [1.165, 1.54) is 7.11 Å². The fourth-order valence-corrected chi connectivity index (χ4v) is 2.49. The van der Waals surface area contributed by atoms with E-state index in [4.69, 9.17) is 11.6 Å². The molecule has 4 nitrogen and oxygen atoms in total. The van der Waals surface area contributed by atoms with Crippen molar-refractivity contribution in [3.05, 3.63) is 44.9 Å². The molecule has 0 amide bonds. The minimum Gasteiger partial charge on any atom is -0.465 e. The number of rotatable bonds is 4. The van der Waals surface area contributed by atoms with Gasteiger partial charge in [0, 0.05) is 10.6 Å². The van der Waals surface area contributed by atoms with Crippen molar-refractivity contribution in [2.24, 2.45) is 0 Å². The normalized spacial score (nSPS) is 10.3. The number of methoxy groups -OCH3 is 1. The van der Waals surface area contributed by atoms with Crippen molar-refractivity contribution in [3.63, 3.8) is 0 Å². The van der Waals surface area contributed by atoms with E-state index in [0.29, 0.717) is 17.1 Å². The highest BCUT2D eigenvalue weighted by Gasteiger charge is 2.11. The maximum absolute atomic E-state index is 11.5. The van der Waals surface area contributed by atoms with Gasteiger partial charge in [-0.25, -0.2) is 9.78 Å². The molecule has 19 heavy (non-hydrogen) atoms. The number of anilines is 1. The topological polar surface area (TPSA) is 51.2 Å². The lowest BCUT2D eigenvalue weighted by atomic mass is 10.2. The monoisotopic (exact) mass is 296 g/mol. The number of hydrogen-bond acceptors (Lipinski definition) is 5. The molecule has 0 aliphatic carbocycles. The average molecular weight is 297 g/mol. The molecule has 1 aromatic heterocycles. The molecule has 0 bridgehead atoms. The van der Waals surface area contributed by atoms with Gasteiger partial charge < -0.3 is 10.1 Å². The van der Waals surface area contributed by atoms with Crippen molar-refractivity contribution in [2.75, 3.05) is 12.4 Å². The Morgan fingerprint density at radius 1 is 1.53 bits per heavy atom. The van der Waals surface area contributed by atoms with Crippen LogP contribution in [0.4, 0.5) is 5.69 Å². The number of carbonyl (C=O) groups is 1. The quantitative estimate of drug-likeness (QED) is 0.877. The second-order valence-corrected chi connectivity index (χ2v) is 5.25. The van der Waals surface area contributed by atoms with E-state index in [2.05, 4.69) is 15.0 Å². The predicted octanol–water partition coefficient (Wildman–Crippen LogP) is 3.50. The highest BCUT2D eigenvalue weighted by molar-refractivity contribution is 7.09. The molecular formula is C13H13ClN2O2S. The van der Waals surface area contributed by atoms with E-state index >= 15 is 0 Å². The molecule has 0 aliphatic rings. The molecule has 0 atom stereocenters. The van der Waals surface area contributed by atoms with Gasteiger partial charge in [-0.05, 0) is 25.1 Å². The van der Waals surface area contributed by atoms with E-state index in [0.717, 1.165) is 16.3 Å². The number of halogens is 1. The Kier molecular flexibility index (Phi) is 4.39. The Balaban J connectivity index is 2.13. The Morgan fingerprint density at radius 2 is 2.32 bits per heavy atom. The number of nitrogens with one attached hydrogen (secondary N) is 1. The van der Waals surface area contributed by atoms with E-state index in [1.54, 1.807) is 23.5 Å². The molecular weight excluding hydrogens is 284 g/mol. The molecule has 0 unspecified atom stereocenters. The van der Waals surface area contributed by atoms with Gasteiger partial charge in [-0.3, -0.25) is 0 Å². The highest BCUT2D eigenvalue weighted by atomic mass is 35.5. The lowest BCUT2D eigenvalue weighted by molar-refractivity contribution is 0.0601. The van der Waals surface area contributed by atoms with Crippen LogP contribution in [-0.4, -0.2) is 18.1 Å². The maximum Gasteiger partial charge on any atom is 0.339 e. The van der Waals surface area contributed by atoms with Crippen LogP contribution in [0, 0.1) is 6.92 Å². The van der Waals surface area contributed by atoms with Crippen LogP contribution in [0.15, 0.2) is 23.7 Å². The smallest absolute Gasteiger partial charge is 0.339 e. The number of esters is 1. The van der Waals surface area contributed by atoms with Gasteiger partial charge in [-0.1, -0.05) is 11.6 Å². The Hall–Kier alpha value is -1.59. The van der Waals surface area contributed by atoms with E-state index in [9.17, 15) is 4.79 Å². The van der Waals surface area contributed by atoms with Crippen LogP contribution in [0.25, 0.3) is 0 Å². The van der Waals surface area contributed by atoms with E-state index < -0.39 is 5.97 Å². The van der Waals surface area contributed by atoms with Crippen molar-refractivity contribution < 1.29 is 9.53 Å². The highest BCUT2D eigenvalue weighted by Crippen LogP contribution is 2.22. The molecule has 100 valence electrons. The zero-order valence-electron chi connectivity index (χ0n) is 10.6. The first-order chi connectivity index (χ1) is 9.11. The molecule has 6 heteroatoms. The van der Waals surface area contributed by atoms with Crippen LogP contribution in [0.3, 0.4) is 0 Å². The Labute approximate surface area is 120 Å². The summed E-state index contributed by atoms with van der Waals surface area (Å²) in [6.45, 7) is 2.63. The number of aryl methyl sites for hydroxylation is 1. The molecule has 1 aromatic carbocycles. The average Bonchev–Trinajstić information content (AvgIpc) is 2.82. The van der Waals surface area contributed by atoms with Crippen LogP contribution in [-0.2, 0) is 11.3 Å². The summed E-state index contributed by atoms with van der Waals surface area (Å²) in [5.74, 6) is -0.442. The van der Waals surface area contributed by atoms with Crippen LogP contribution < -0.4 is 5.32 Å². The second-order valence-electron chi connectivity index (χ2n) is 3.90. The van der Waals surface area contributed by atoms with Gasteiger partial charge in [0.15, 0.2) is 0 Å². The van der Waals surface area contributed by atoms with E-state index in [1.807, 2.05) is 18.5 Å². The number of carbonyl (C=O) groups excluding carboxylic acids is 1. The third-order valence-electron chi connectivity index (χ3n) is 2.67. The van der Waals surface area contributed by atoms with Gasteiger partial charge in [0.2, 0.25) is 0 Å². The summed E-state index contributed by atoms with van der Waals surface area (Å²) in [4.78, 5) is 16.9. The molecule has 0 radical (unpaired) electrons. The fraction of sp³-hybridized carbons (Fsp3) is 0.231. The van der Waals surface area contributed by atoms with Crippen LogP contribution in [0.1, 0.15) is 20.9 Å². The summed E-state index contributed by atoms with van der Waals surface area (Å²) in [7, 11) is 1.33. The SMILES string of the molecule is COC(=O)c1cc(NCc2scnc2C)ccc1Cl. The van der Waals surface area contributed by atoms with Crippen molar-refractivity contribution in [1.29, 1.82) is 0 Å². The number of hydrogen-bond donors (Lipinski definition) is 1. The van der Waals surface area contributed by atoms with Gasteiger partial charge in [0.25, 0.3) is 0 Å². The zero-order valence-corrected chi connectivity index (χ0v) is 12.1. The first kappa shape index (κ1) is 13.8. The van der Waals surface area contributed by atoms with Crippen molar-refractivity contribution >= 4 is 34.6 Å². The van der Waals surface area contributed by atoms with Crippen molar-refractivity contribution in [1.82, 2.24) is 4.98 Å². The van der Waals surface area contributed by atoms with Crippen LogP contribution in [0.2, 0.25) is 5.02 Å². The molecule has 0 fully saturated rings. The molecule has 1 N–H and O–H groups in total. The van der Waals surface area contributed by atoms with Gasteiger partial charge in [-0.15, -0.1) is 11.3 Å². The maximum atomic E-state index is 11.5. The first-order valence-corrected chi connectivity index (χ1v) is 6.88. The molecule has 2 rings (SSSR count). The number of ether oxygens (including phenoxy) is 1. The standard InChI is InChI=1S/C13H13ClN2O2S/c1-8-12(19-7-16-8)6-15-9-3-4-11(14)10(5-9)13(17)18-2/h3-5,7,15H,6H2,1-2H3. The third kappa shape index (κ3) is 3.24. The lowest BCUT2D eigenvalue weighted by Crippen LogP contribution is -2.04. The molecule has 0 aliphatic heterocycles. The zero-order chi connectivity index (χ0) is 13.8. The number of aromatic nitrogens is 1. The van der Waals surface area contributed by atoms with Crippen LogP contribution in [0.5, 0.6) is 0 Å². The minimum atomic E-state index is -0.442. The lowest BCUT2D eigenvalue weighted by Gasteiger charge is -2.08. The number of benzene rings is 1. The fourth-order valence-electron chi connectivity index (χ4n) is 1.58. The van der Waals surface area contributed by atoms with Crippen molar-refractivity contribution in [3.8, 4) is 0 Å². The molecule has 0 saturated carbocycles. The summed E-state index contributed by atoms with van der Waals surface area (Å²) in [6.07, 6.45) is 0. The summed E-state index contributed by atoms with van der Waals surface area (Å²) in [5.41, 5.74) is 4.00. The van der Waals surface area contributed by atoms with Crippen LogP contribution >= 0.6 is 22.9 Å². The Morgan fingerprint density at radius 3 is 2.95 bits per heavy atom. The van der Waals surface area contributed by atoms with Gasteiger partial charge in [-0.2, -0.15) is 0 Å². The summed E-state index contributed by atoms with van der Waals surface area (Å²) in [5, 5.41) is 3.62. The molecule has 0 saturated heterocycles. The van der Waals surface area contributed by atoms with Crippen molar-refractivity contribution in [2.45, 2.75) is 13.5 Å². The largest absolute Gasteiger partial charge is 0.465 e. The van der Waals surface area contributed by atoms with Gasteiger partial charge in [0.1, 0.15) is 0 Å². The Bertz CT molecular complexity index is 598. The number of thiazole rings is 1. The first-order valence-electron chi connectivity index (χ1n) is 5.62. The summed E-state index contributed by atoms with van der Waals surface area (Å²) in [6, 6.07) is 5.19. The van der Waals surface area contributed by atoms with Gasteiger partial charge >= 0.3 is 5.97 Å². The summed E-state index contributed by atoms with van der Waals surface area (Å²) < 4.78 is 4.68. The second kappa shape index (κ2) is 6.04. The predicted molar refractivity (Wildman–Crippen MR) is 77.0 cm³/mol. The van der Waals surface area contributed by atoms with Gasteiger partial charge in [0.05, 0.1) is 35.4 Å².